The van der Waals surface area contributed by atoms with Gasteiger partial charge in [-0.1, -0.05) is 18.5 Å². The second kappa shape index (κ2) is 10.3. The van der Waals surface area contributed by atoms with E-state index in [1.54, 1.807) is 11.3 Å². The number of guanidine groups is 1. The third-order valence-corrected chi connectivity index (χ3v) is 7.98. The highest BCUT2D eigenvalue weighted by Crippen LogP contribution is 2.34. The first-order chi connectivity index (χ1) is 13.1. The summed E-state index contributed by atoms with van der Waals surface area (Å²) in [5.41, 5.74) is 0. The van der Waals surface area contributed by atoms with Gasteiger partial charge in [0.05, 0.1) is 4.34 Å². The molecule has 1 aromatic rings. The molecule has 0 radical (unpaired) electrons. The highest BCUT2D eigenvalue weighted by atomic mass is 35.5. The Balaban J connectivity index is 1.48. The smallest absolute Gasteiger partial charge is 0.193 e. The van der Waals surface area contributed by atoms with Gasteiger partial charge in [-0.3, -0.25) is 9.89 Å². The molecule has 0 unspecified atom stereocenters. The van der Waals surface area contributed by atoms with Crippen LogP contribution in [0.25, 0.3) is 0 Å². The van der Waals surface area contributed by atoms with Gasteiger partial charge < -0.3 is 15.0 Å². The molecule has 8 heteroatoms. The molecule has 0 aromatic carbocycles. The number of halogens is 1. The van der Waals surface area contributed by atoms with Crippen molar-refractivity contribution in [3.8, 4) is 0 Å². The van der Waals surface area contributed by atoms with Crippen molar-refractivity contribution >= 4 is 40.7 Å². The number of rotatable bonds is 6. The lowest BCUT2D eigenvalue weighted by Gasteiger charge is -2.40. The lowest BCUT2D eigenvalue weighted by Crippen LogP contribution is -2.54. The predicted octanol–water partition coefficient (Wildman–Crippen LogP) is 3.40. The molecule has 0 saturated carbocycles. The van der Waals surface area contributed by atoms with Crippen LogP contribution in [-0.2, 0) is 11.3 Å². The van der Waals surface area contributed by atoms with E-state index >= 15 is 0 Å². The number of nitrogens with one attached hydrogen (secondary N) is 1. The standard InChI is InChI=1S/C19H31ClN4OS2/c1-3-26-19(6-12-25-13-7-19)15-22-18(21-2)24-10-8-23(9-11-24)14-16-4-5-17(20)27-16/h4-5H,3,6-15H2,1-2H3,(H,21,22). The fourth-order valence-corrected chi connectivity index (χ4v) is 6.14. The van der Waals surface area contributed by atoms with E-state index in [9.17, 15) is 0 Å². The zero-order valence-electron chi connectivity index (χ0n) is 16.4. The molecule has 5 nitrogen and oxygen atoms in total. The molecule has 0 bridgehead atoms. The Hall–Kier alpha value is -0.470. The SMILES string of the molecule is CCSC1(CNC(=NC)N2CCN(Cc3ccc(Cl)s3)CC2)CCOCC1. The van der Waals surface area contributed by atoms with Crippen LogP contribution in [0.2, 0.25) is 4.34 Å². The number of aliphatic imine (C=N–C) groups is 1. The Labute approximate surface area is 176 Å². The first-order valence-corrected chi connectivity index (χ1v) is 12.0. The Morgan fingerprint density at radius 2 is 2.04 bits per heavy atom. The van der Waals surface area contributed by atoms with E-state index in [-0.39, 0.29) is 4.75 Å². The van der Waals surface area contributed by atoms with E-state index in [0.29, 0.717) is 0 Å². The van der Waals surface area contributed by atoms with Crippen LogP contribution in [0.15, 0.2) is 17.1 Å². The molecule has 2 aliphatic heterocycles. The van der Waals surface area contributed by atoms with E-state index in [4.69, 9.17) is 16.3 Å². The molecule has 3 heterocycles. The molecule has 1 N–H and O–H groups in total. The summed E-state index contributed by atoms with van der Waals surface area (Å²) in [6, 6.07) is 4.13. The van der Waals surface area contributed by atoms with Crippen LogP contribution in [0.1, 0.15) is 24.6 Å². The number of piperazine rings is 1. The van der Waals surface area contributed by atoms with E-state index in [1.165, 1.54) is 4.88 Å². The fourth-order valence-electron chi connectivity index (χ4n) is 3.77. The van der Waals surface area contributed by atoms with Gasteiger partial charge >= 0.3 is 0 Å². The molecule has 2 saturated heterocycles. The van der Waals surface area contributed by atoms with Gasteiger partial charge in [0, 0.05) is 69.2 Å². The zero-order valence-corrected chi connectivity index (χ0v) is 18.8. The van der Waals surface area contributed by atoms with Crippen molar-refractivity contribution in [3.63, 3.8) is 0 Å². The van der Waals surface area contributed by atoms with Crippen molar-refractivity contribution in [1.29, 1.82) is 0 Å². The molecule has 3 rings (SSSR count). The molecule has 2 fully saturated rings. The molecule has 0 amide bonds. The molecule has 27 heavy (non-hydrogen) atoms. The van der Waals surface area contributed by atoms with Gasteiger partial charge in [-0.2, -0.15) is 11.8 Å². The van der Waals surface area contributed by atoms with Gasteiger partial charge in [0.15, 0.2) is 5.96 Å². The Kier molecular flexibility index (Phi) is 8.14. The first-order valence-electron chi connectivity index (χ1n) is 9.78. The first kappa shape index (κ1) is 21.2. The van der Waals surface area contributed by atoms with Crippen molar-refractivity contribution < 1.29 is 4.74 Å². The van der Waals surface area contributed by atoms with Crippen LogP contribution in [-0.4, -0.2) is 79.2 Å². The van der Waals surface area contributed by atoms with Crippen molar-refractivity contribution in [2.45, 2.75) is 31.1 Å². The quantitative estimate of drug-likeness (QED) is 0.553. The minimum Gasteiger partial charge on any atom is -0.381 e. The minimum absolute atomic E-state index is 0.281. The second-order valence-corrected chi connectivity index (χ2v) is 10.6. The van der Waals surface area contributed by atoms with E-state index in [2.05, 4.69) is 44.9 Å². The molecule has 152 valence electrons. The number of thiophene rings is 1. The minimum atomic E-state index is 0.281. The predicted molar refractivity (Wildman–Crippen MR) is 118 cm³/mol. The molecule has 1 aromatic heterocycles. The van der Waals surface area contributed by atoms with Crippen LogP contribution >= 0.6 is 34.7 Å². The van der Waals surface area contributed by atoms with Gasteiger partial charge in [0.2, 0.25) is 0 Å². The van der Waals surface area contributed by atoms with Crippen molar-refractivity contribution in [3.05, 3.63) is 21.3 Å². The monoisotopic (exact) mass is 430 g/mol. The summed E-state index contributed by atoms with van der Waals surface area (Å²) in [6.07, 6.45) is 2.24. The van der Waals surface area contributed by atoms with Gasteiger partial charge in [-0.25, -0.2) is 0 Å². The zero-order chi connectivity index (χ0) is 19.1. The summed E-state index contributed by atoms with van der Waals surface area (Å²) in [4.78, 5) is 10.8. The number of hydrogen-bond donors (Lipinski definition) is 1. The largest absolute Gasteiger partial charge is 0.381 e. The lowest BCUT2D eigenvalue weighted by molar-refractivity contribution is 0.0779. The summed E-state index contributed by atoms with van der Waals surface area (Å²) >= 11 is 9.80. The second-order valence-electron chi connectivity index (χ2n) is 7.10. The van der Waals surface area contributed by atoms with E-state index in [0.717, 1.165) is 81.4 Å². The number of nitrogens with zero attached hydrogens (tertiary/aromatic N) is 3. The molecule has 0 spiro atoms. The fraction of sp³-hybridized carbons (Fsp3) is 0.737. The summed E-state index contributed by atoms with van der Waals surface area (Å²) in [5.74, 6) is 2.18. The molecular weight excluding hydrogens is 400 g/mol. The van der Waals surface area contributed by atoms with Crippen molar-refractivity contribution in [2.24, 2.45) is 4.99 Å². The third kappa shape index (κ3) is 6.00. The third-order valence-electron chi connectivity index (χ3n) is 5.32. The van der Waals surface area contributed by atoms with Crippen LogP contribution < -0.4 is 5.32 Å². The van der Waals surface area contributed by atoms with Gasteiger partial charge in [0.25, 0.3) is 0 Å². The van der Waals surface area contributed by atoms with Gasteiger partial charge in [-0.15, -0.1) is 11.3 Å². The molecule has 0 atom stereocenters. The van der Waals surface area contributed by atoms with E-state index < -0.39 is 0 Å². The molecule has 2 aliphatic rings. The average molecular weight is 431 g/mol. The molecular formula is C19H31ClN4OS2. The Bertz CT molecular complexity index is 605. The highest BCUT2D eigenvalue weighted by Gasteiger charge is 2.33. The maximum Gasteiger partial charge on any atom is 0.193 e. The summed E-state index contributed by atoms with van der Waals surface area (Å²) < 4.78 is 6.74. The van der Waals surface area contributed by atoms with Gasteiger partial charge in [0.1, 0.15) is 0 Å². The summed E-state index contributed by atoms with van der Waals surface area (Å²) in [7, 11) is 1.89. The topological polar surface area (TPSA) is 40.1 Å². The van der Waals surface area contributed by atoms with Crippen molar-refractivity contribution in [2.75, 3.05) is 58.7 Å². The van der Waals surface area contributed by atoms with E-state index in [1.807, 2.05) is 13.1 Å². The maximum atomic E-state index is 6.05. The van der Waals surface area contributed by atoms with Crippen LogP contribution in [0, 0.1) is 0 Å². The average Bonchev–Trinajstić information content (AvgIpc) is 3.09. The highest BCUT2D eigenvalue weighted by molar-refractivity contribution is 8.00. The number of thioether (sulfide) groups is 1. The normalized spacial score (nSPS) is 21.4. The Morgan fingerprint density at radius 3 is 2.63 bits per heavy atom. The van der Waals surface area contributed by atoms with Crippen LogP contribution in [0.4, 0.5) is 0 Å². The maximum absolute atomic E-state index is 6.05. The molecule has 0 aliphatic carbocycles. The van der Waals surface area contributed by atoms with Crippen molar-refractivity contribution in [1.82, 2.24) is 15.1 Å². The number of hydrogen-bond acceptors (Lipinski definition) is 5. The summed E-state index contributed by atoms with van der Waals surface area (Å²) in [5, 5.41) is 3.67. The number of ether oxygens (including phenoxy) is 1. The van der Waals surface area contributed by atoms with Gasteiger partial charge in [-0.05, 0) is 30.7 Å². The van der Waals surface area contributed by atoms with Crippen LogP contribution in [0.5, 0.6) is 0 Å². The Morgan fingerprint density at radius 1 is 1.30 bits per heavy atom. The van der Waals surface area contributed by atoms with Crippen LogP contribution in [0.3, 0.4) is 0 Å². The summed E-state index contributed by atoms with van der Waals surface area (Å²) in [6.45, 7) is 10.1. The lowest BCUT2D eigenvalue weighted by atomic mass is 9.99.